The largest absolute Gasteiger partial charge is 0.367 e. The van der Waals surface area contributed by atoms with E-state index in [1.165, 1.54) is 6.33 Å². The van der Waals surface area contributed by atoms with Crippen LogP contribution in [0.25, 0.3) is 5.78 Å². The van der Waals surface area contributed by atoms with E-state index in [1.54, 1.807) is 4.52 Å². The minimum atomic E-state index is 0.302. The summed E-state index contributed by atoms with van der Waals surface area (Å²) in [4.78, 5) is 8.36. The minimum Gasteiger partial charge on any atom is -0.367 e. The van der Waals surface area contributed by atoms with Gasteiger partial charge in [0.2, 0.25) is 0 Å². The number of unbranched alkanes of at least 4 members (excludes halogenated alkanes) is 1. The second-order valence-corrected chi connectivity index (χ2v) is 4.96. The van der Waals surface area contributed by atoms with Crippen molar-refractivity contribution in [2.45, 2.75) is 46.1 Å². The highest BCUT2D eigenvalue weighted by atomic mass is 35.5. The summed E-state index contributed by atoms with van der Waals surface area (Å²) in [7, 11) is 0. The van der Waals surface area contributed by atoms with Gasteiger partial charge in [0.15, 0.2) is 0 Å². The quantitative estimate of drug-likeness (QED) is 0.847. The molecule has 0 aromatic carbocycles. The molecule has 0 atom stereocenters. The molecule has 2 aromatic rings. The molecule has 1 N–H and O–H groups in total. The van der Waals surface area contributed by atoms with Crippen molar-refractivity contribution < 1.29 is 0 Å². The van der Waals surface area contributed by atoms with Crippen LogP contribution in [-0.2, 0) is 6.42 Å². The molecular weight excluding hydrogens is 250 g/mol. The lowest BCUT2D eigenvalue weighted by atomic mass is 10.1. The molecule has 2 heterocycles. The smallest absolute Gasteiger partial charge is 0.255 e. The monoisotopic (exact) mass is 267 g/mol. The van der Waals surface area contributed by atoms with E-state index in [-0.39, 0.29) is 0 Å². The van der Waals surface area contributed by atoms with E-state index in [0.29, 0.717) is 17.0 Å². The molecule has 2 rings (SSSR count). The third kappa shape index (κ3) is 2.56. The summed E-state index contributed by atoms with van der Waals surface area (Å²) in [6.45, 7) is 6.33. The first kappa shape index (κ1) is 13.1. The molecule has 0 saturated heterocycles. The van der Waals surface area contributed by atoms with Gasteiger partial charge in [-0.1, -0.05) is 24.9 Å². The van der Waals surface area contributed by atoms with Crippen LogP contribution in [0.2, 0.25) is 5.15 Å². The normalized spacial score (nSPS) is 11.4. The van der Waals surface area contributed by atoms with Gasteiger partial charge in [-0.2, -0.15) is 19.6 Å². The van der Waals surface area contributed by atoms with Crippen molar-refractivity contribution in [1.29, 1.82) is 0 Å². The minimum absolute atomic E-state index is 0.302. The average Bonchev–Trinajstić information content (AvgIpc) is 2.75. The van der Waals surface area contributed by atoms with Gasteiger partial charge in [0.25, 0.3) is 5.78 Å². The number of aromatic nitrogens is 4. The highest BCUT2D eigenvalue weighted by molar-refractivity contribution is 6.30. The number of nitrogens with one attached hydrogen (secondary N) is 1. The molecule has 0 bridgehead atoms. The van der Waals surface area contributed by atoms with Crippen LogP contribution in [0.15, 0.2) is 6.33 Å². The van der Waals surface area contributed by atoms with E-state index in [1.807, 2.05) is 0 Å². The van der Waals surface area contributed by atoms with Gasteiger partial charge < -0.3 is 5.32 Å². The van der Waals surface area contributed by atoms with Gasteiger partial charge in [-0.3, -0.25) is 0 Å². The molecule has 0 unspecified atom stereocenters. The molecule has 0 radical (unpaired) electrons. The summed E-state index contributed by atoms with van der Waals surface area (Å²) in [6.07, 6.45) is 4.59. The molecule has 0 amide bonds. The van der Waals surface area contributed by atoms with Gasteiger partial charge in [-0.25, -0.2) is 0 Å². The SMILES string of the molecule is CCCCc1c(Cl)nc2ncnn2c1NC(C)C. The molecule has 0 saturated carbocycles. The first-order valence-electron chi connectivity index (χ1n) is 6.28. The first-order valence-corrected chi connectivity index (χ1v) is 6.66. The molecule has 6 heteroatoms. The second kappa shape index (κ2) is 5.52. The molecule has 5 nitrogen and oxygen atoms in total. The van der Waals surface area contributed by atoms with Crippen molar-refractivity contribution in [1.82, 2.24) is 19.6 Å². The lowest BCUT2D eigenvalue weighted by Crippen LogP contribution is -2.16. The Bertz CT molecular complexity index is 534. The van der Waals surface area contributed by atoms with Crippen molar-refractivity contribution in [2.24, 2.45) is 0 Å². The Balaban J connectivity index is 2.53. The maximum Gasteiger partial charge on any atom is 0.255 e. The van der Waals surface area contributed by atoms with Gasteiger partial charge in [0.1, 0.15) is 17.3 Å². The van der Waals surface area contributed by atoms with E-state index in [0.717, 1.165) is 30.6 Å². The van der Waals surface area contributed by atoms with Gasteiger partial charge >= 0.3 is 0 Å². The zero-order valence-corrected chi connectivity index (χ0v) is 11.7. The fraction of sp³-hybridized carbons (Fsp3) is 0.583. The number of nitrogens with zero attached hydrogens (tertiary/aromatic N) is 4. The summed E-state index contributed by atoms with van der Waals surface area (Å²) >= 11 is 6.25. The Morgan fingerprint density at radius 3 is 2.89 bits per heavy atom. The Morgan fingerprint density at radius 1 is 1.44 bits per heavy atom. The van der Waals surface area contributed by atoms with Crippen molar-refractivity contribution >= 4 is 23.2 Å². The van der Waals surface area contributed by atoms with Crippen molar-refractivity contribution in [3.63, 3.8) is 0 Å². The van der Waals surface area contributed by atoms with Crippen LogP contribution >= 0.6 is 11.6 Å². The van der Waals surface area contributed by atoms with Crippen LogP contribution in [-0.4, -0.2) is 25.6 Å². The number of fused-ring (bicyclic) bond motifs is 1. The van der Waals surface area contributed by atoms with E-state index in [2.05, 4.69) is 41.2 Å². The summed E-state index contributed by atoms with van der Waals surface area (Å²) in [5.41, 5.74) is 1.02. The lowest BCUT2D eigenvalue weighted by molar-refractivity contribution is 0.772. The van der Waals surface area contributed by atoms with E-state index in [4.69, 9.17) is 11.6 Å². The molecule has 98 valence electrons. The standard InChI is InChI=1S/C12H18ClN5/c1-4-5-6-9-10(13)17-12-14-7-15-18(12)11(9)16-8(2)3/h7-8,16H,4-6H2,1-3H3. The maximum atomic E-state index is 6.25. The number of rotatable bonds is 5. The lowest BCUT2D eigenvalue weighted by Gasteiger charge is -2.16. The predicted molar refractivity (Wildman–Crippen MR) is 73.2 cm³/mol. The zero-order chi connectivity index (χ0) is 13.1. The van der Waals surface area contributed by atoms with Crippen LogP contribution < -0.4 is 5.32 Å². The predicted octanol–water partition coefficient (Wildman–Crippen LogP) is 2.94. The third-order valence-electron chi connectivity index (χ3n) is 2.68. The Hall–Kier alpha value is -1.36. The molecule has 0 spiro atoms. The molecule has 0 aliphatic carbocycles. The van der Waals surface area contributed by atoms with Gasteiger partial charge in [0, 0.05) is 11.6 Å². The van der Waals surface area contributed by atoms with Crippen molar-refractivity contribution in [3.05, 3.63) is 17.0 Å². The van der Waals surface area contributed by atoms with E-state index in [9.17, 15) is 0 Å². The summed E-state index contributed by atoms with van der Waals surface area (Å²) in [6, 6.07) is 0.302. The van der Waals surface area contributed by atoms with Crippen LogP contribution in [0.5, 0.6) is 0 Å². The average molecular weight is 268 g/mol. The van der Waals surface area contributed by atoms with E-state index >= 15 is 0 Å². The molecule has 2 aromatic heterocycles. The van der Waals surface area contributed by atoms with E-state index < -0.39 is 0 Å². The number of hydrogen-bond donors (Lipinski definition) is 1. The highest BCUT2D eigenvalue weighted by Gasteiger charge is 2.15. The van der Waals surface area contributed by atoms with Crippen LogP contribution in [0.4, 0.5) is 5.82 Å². The molecule has 18 heavy (non-hydrogen) atoms. The number of anilines is 1. The molecule has 0 aliphatic heterocycles. The molecular formula is C12H18ClN5. The zero-order valence-electron chi connectivity index (χ0n) is 10.9. The third-order valence-corrected chi connectivity index (χ3v) is 2.99. The Kier molecular flexibility index (Phi) is 4.01. The fourth-order valence-corrected chi connectivity index (χ4v) is 2.11. The first-order chi connectivity index (χ1) is 8.63. The summed E-state index contributed by atoms with van der Waals surface area (Å²) in [5, 5.41) is 8.11. The highest BCUT2D eigenvalue weighted by Crippen LogP contribution is 2.25. The Morgan fingerprint density at radius 2 is 2.22 bits per heavy atom. The van der Waals surface area contributed by atoms with Gasteiger partial charge in [-0.15, -0.1) is 0 Å². The summed E-state index contributed by atoms with van der Waals surface area (Å²) < 4.78 is 1.72. The summed E-state index contributed by atoms with van der Waals surface area (Å²) in [5.74, 6) is 1.44. The topological polar surface area (TPSA) is 55.1 Å². The molecule has 0 fully saturated rings. The van der Waals surface area contributed by atoms with Gasteiger partial charge in [-0.05, 0) is 26.7 Å². The number of hydrogen-bond acceptors (Lipinski definition) is 4. The fourth-order valence-electron chi connectivity index (χ4n) is 1.85. The van der Waals surface area contributed by atoms with Crippen LogP contribution in [0.1, 0.15) is 39.2 Å². The van der Waals surface area contributed by atoms with Crippen molar-refractivity contribution in [3.8, 4) is 0 Å². The van der Waals surface area contributed by atoms with Crippen molar-refractivity contribution in [2.75, 3.05) is 5.32 Å². The van der Waals surface area contributed by atoms with Gasteiger partial charge in [0.05, 0.1) is 0 Å². The number of halogens is 1. The second-order valence-electron chi connectivity index (χ2n) is 4.60. The molecule has 0 aliphatic rings. The Labute approximate surface area is 112 Å². The van der Waals surface area contributed by atoms with Crippen LogP contribution in [0, 0.1) is 0 Å². The van der Waals surface area contributed by atoms with Crippen LogP contribution in [0.3, 0.4) is 0 Å². The maximum absolute atomic E-state index is 6.25.